The number of nitrogens with one attached hydrogen (secondary N) is 1. The molecule has 1 aliphatic heterocycles. The molecule has 4 atom stereocenters. The first-order valence-corrected chi connectivity index (χ1v) is 5.77. The van der Waals surface area contributed by atoms with Gasteiger partial charge in [0.15, 0.2) is 6.10 Å². The molecular weight excluding hydrogens is 226 g/mol. The van der Waals surface area contributed by atoms with Gasteiger partial charge in [0.2, 0.25) is 5.91 Å². The van der Waals surface area contributed by atoms with E-state index in [0.717, 1.165) is 0 Å². The number of aliphatic hydroxyl groups is 1. The van der Waals surface area contributed by atoms with E-state index in [4.69, 9.17) is 14.9 Å². The molecule has 0 aromatic heterocycles. The van der Waals surface area contributed by atoms with Gasteiger partial charge < -0.3 is 20.3 Å². The fourth-order valence-electron chi connectivity index (χ4n) is 1.92. The summed E-state index contributed by atoms with van der Waals surface area (Å²) in [7, 11) is 0. The van der Waals surface area contributed by atoms with Crippen LogP contribution in [0.1, 0.15) is 33.1 Å². The number of carbonyl (C=O) groups excluding carboxylic acids is 1. The normalized spacial score (nSPS) is 27.5. The molecule has 0 spiro atoms. The van der Waals surface area contributed by atoms with Crippen LogP contribution in [0, 0.1) is 0 Å². The number of hydrogen-bond donors (Lipinski definition) is 3. The third-order valence-corrected chi connectivity index (χ3v) is 2.67. The summed E-state index contributed by atoms with van der Waals surface area (Å²) in [6.45, 7) is 3.43. The minimum absolute atomic E-state index is 0.157. The number of carbonyl (C=O) groups is 2. The maximum Gasteiger partial charge on any atom is 0.332 e. The van der Waals surface area contributed by atoms with Gasteiger partial charge in [-0.3, -0.25) is 4.79 Å². The van der Waals surface area contributed by atoms with E-state index in [2.05, 4.69) is 5.32 Å². The molecule has 4 unspecified atom stereocenters. The van der Waals surface area contributed by atoms with Crippen molar-refractivity contribution in [3.8, 4) is 0 Å². The van der Waals surface area contributed by atoms with Gasteiger partial charge in [-0.15, -0.1) is 0 Å². The summed E-state index contributed by atoms with van der Waals surface area (Å²) in [5.74, 6) is -1.33. The lowest BCUT2D eigenvalue weighted by atomic mass is 10.1. The molecule has 6 nitrogen and oxygen atoms in total. The average molecular weight is 245 g/mol. The molecule has 1 rings (SSSR count). The van der Waals surface area contributed by atoms with Gasteiger partial charge in [0.1, 0.15) is 6.10 Å². The van der Waals surface area contributed by atoms with Crippen molar-refractivity contribution in [2.45, 2.75) is 57.5 Å². The first-order valence-electron chi connectivity index (χ1n) is 5.77. The molecule has 0 aromatic rings. The fourth-order valence-corrected chi connectivity index (χ4v) is 1.92. The highest BCUT2D eigenvalue weighted by atomic mass is 16.5. The summed E-state index contributed by atoms with van der Waals surface area (Å²) < 4.78 is 5.12. The lowest BCUT2D eigenvalue weighted by Crippen LogP contribution is -2.41. The first-order chi connectivity index (χ1) is 7.90. The number of rotatable bonds is 5. The van der Waals surface area contributed by atoms with E-state index in [9.17, 15) is 9.59 Å². The Bertz CT molecular complexity index is 292. The summed E-state index contributed by atoms with van der Waals surface area (Å²) in [6.07, 6.45) is -0.810. The molecule has 3 N–H and O–H groups in total. The first kappa shape index (κ1) is 13.9. The van der Waals surface area contributed by atoms with Crippen molar-refractivity contribution in [3.05, 3.63) is 0 Å². The average Bonchev–Trinajstić information content (AvgIpc) is 2.64. The second kappa shape index (κ2) is 5.97. The van der Waals surface area contributed by atoms with Gasteiger partial charge in [-0.05, 0) is 33.1 Å². The number of carboxylic acid groups (broad SMARTS) is 1. The van der Waals surface area contributed by atoms with Crippen LogP contribution in [0.25, 0.3) is 0 Å². The Hall–Kier alpha value is -1.14. The Balaban J connectivity index is 2.37. The molecule has 0 aliphatic carbocycles. The van der Waals surface area contributed by atoms with Crippen molar-refractivity contribution in [1.29, 1.82) is 0 Å². The topological polar surface area (TPSA) is 95.9 Å². The predicted octanol–water partition coefficient (Wildman–Crippen LogP) is -0.106. The van der Waals surface area contributed by atoms with Gasteiger partial charge >= 0.3 is 5.97 Å². The van der Waals surface area contributed by atoms with Crippen LogP contribution in [0.4, 0.5) is 0 Å². The van der Waals surface area contributed by atoms with Crippen molar-refractivity contribution < 1.29 is 24.5 Å². The molecule has 0 saturated carbocycles. The van der Waals surface area contributed by atoms with Gasteiger partial charge in [0.05, 0.1) is 6.10 Å². The van der Waals surface area contributed by atoms with Crippen LogP contribution in [0.15, 0.2) is 0 Å². The SMILES string of the molecule is CC(O)CC(C)NC(=O)C1CCC(C(=O)O)O1. The van der Waals surface area contributed by atoms with E-state index in [0.29, 0.717) is 19.3 Å². The minimum Gasteiger partial charge on any atom is -0.479 e. The second-order valence-electron chi connectivity index (χ2n) is 4.52. The Morgan fingerprint density at radius 2 is 1.94 bits per heavy atom. The highest BCUT2D eigenvalue weighted by molar-refractivity contribution is 5.82. The van der Waals surface area contributed by atoms with Gasteiger partial charge in [0, 0.05) is 6.04 Å². The summed E-state index contributed by atoms with van der Waals surface area (Å²) in [4.78, 5) is 22.3. The van der Waals surface area contributed by atoms with E-state index in [1.165, 1.54) is 0 Å². The molecule has 1 heterocycles. The van der Waals surface area contributed by atoms with Crippen molar-refractivity contribution in [2.75, 3.05) is 0 Å². The van der Waals surface area contributed by atoms with E-state index in [1.807, 2.05) is 0 Å². The highest BCUT2D eigenvalue weighted by Gasteiger charge is 2.34. The molecule has 6 heteroatoms. The Labute approximate surface area is 100.0 Å². The van der Waals surface area contributed by atoms with Gasteiger partial charge in [-0.2, -0.15) is 0 Å². The van der Waals surface area contributed by atoms with E-state index >= 15 is 0 Å². The van der Waals surface area contributed by atoms with E-state index in [1.54, 1.807) is 13.8 Å². The van der Waals surface area contributed by atoms with Crippen LogP contribution >= 0.6 is 0 Å². The molecule has 98 valence electrons. The van der Waals surface area contributed by atoms with Gasteiger partial charge in [0.25, 0.3) is 0 Å². The molecule has 0 aromatic carbocycles. The molecular formula is C11H19NO5. The predicted molar refractivity (Wildman–Crippen MR) is 59.4 cm³/mol. The highest BCUT2D eigenvalue weighted by Crippen LogP contribution is 2.20. The zero-order valence-corrected chi connectivity index (χ0v) is 10.0. The second-order valence-corrected chi connectivity index (χ2v) is 4.52. The van der Waals surface area contributed by atoms with Gasteiger partial charge in [-0.1, -0.05) is 0 Å². The summed E-state index contributed by atoms with van der Waals surface area (Å²) in [5, 5.41) is 20.6. The molecule has 1 aliphatic rings. The number of aliphatic carboxylic acids is 1. The number of carboxylic acids is 1. The number of hydrogen-bond acceptors (Lipinski definition) is 4. The minimum atomic E-state index is -1.03. The quantitative estimate of drug-likeness (QED) is 0.628. The van der Waals surface area contributed by atoms with Crippen LogP contribution in [0.2, 0.25) is 0 Å². The molecule has 1 fully saturated rings. The molecule has 1 saturated heterocycles. The maximum absolute atomic E-state index is 11.7. The zero-order valence-electron chi connectivity index (χ0n) is 10.0. The van der Waals surface area contributed by atoms with Crippen LogP contribution in [0.5, 0.6) is 0 Å². The Kier molecular flexibility index (Phi) is 4.89. The molecule has 1 amide bonds. The zero-order chi connectivity index (χ0) is 13.0. The number of amides is 1. The summed E-state index contributed by atoms with van der Waals surface area (Å²) in [5.41, 5.74) is 0. The van der Waals surface area contributed by atoms with Crippen LogP contribution in [-0.2, 0) is 14.3 Å². The lowest BCUT2D eigenvalue weighted by Gasteiger charge is -2.18. The molecule has 0 bridgehead atoms. The smallest absolute Gasteiger partial charge is 0.332 e. The summed E-state index contributed by atoms with van der Waals surface area (Å²) >= 11 is 0. The molecule has 17 heavy (non-hydrogen) atoms. The molecule has 0 radical (unpaired) electrons. The van der Waals surface area contributed by atoms with E-state index in [-0.39, 0.29) is 11.9 Å². The Morgan fingerprint density at radius 3 is 2.41 bits per heavy atom. The van der Waals surface area contributed by atoms with Crippen LogP contribution in [0.3, 0.4) is 0 Å². The lowest BCUT2D eigenvalue weighted by molar-refractivity contribution is -0.151. The Morgan fingerprint density at radius 1 is 1.35 bits per heavy atom. The summed E-state index contributed by atoms with van der Waals surface area (Å²) in [6, 6.07) is -0.157. The van der Waals surface area contributed by atoms with E-state index < -0.39 is 24.3 Å². The van der Waals surface area contributed by atoms with Crippen molar-refractivity contribution in [3.63, 3.8) is 0 Å². The fraction of sp³-hybridized carbons (Fsp3) is 0.818. The number of ether oxygens (including phenoxy) is 1. The van der Waals surface area contributed by atoms with Crippen LogP contribution < -0.4 is 5.32 Å². The van der Waals surface area contributed by atoms with Crippen LogP contribution in [-0.4, -0.2) is 46.4 Å². The van der Waals surface area contributed by atoms with Crippen molar-refractivity contribution in [2.24, 2.45) is 0 Å². The maximum atomic E-state index is 11.7. The van der Waals surface area contributed by atoms with Gasteiger partial charge in [-0.25, -0.2) is 4.79 Å². The monoisotopic (exact) mass is 245 g/mol. The standard InChI is InChI=1S/C11H19NO5/c1-6(5-7(2)13)12-10(14)8-3-4-9(17-8)11(15)16/h6-9,13H,3-5H2,1-2H3,(H,12,14)(H,15,16). The van der Waals surface area contributed by atoms with Crippen molar-refractivity contribution in [1.82, 2.24) is 5.32 Å². The third kappa shape index (κ3) is 4.32. The number of aliphatic hydroxyl groups excluding tert-OH is 1. The largest absolute Gasteiger partial charge is 0.479 e. The van der Waals surface area contributed by atoms with Crippen molar-refractivity contribution >= 4 is 11.9 Å². The third-order valence-electron chi connectivity index (χ3n) is 2.67.